The number of rotatable bonds is 21. The molecule has 6 atom stereocenters. The van der Waals surface area contributed by atoms with Gasteiger partial charge in [0.05, 0.1) is 25.3 Å². The molecule has 2 heterocycles. The topological polar surface area (TPSA) is 157 Å². The van der Waals surface area contributed by atoms with Gasteiger partial charge >= 0.3 is 0 Å². The van der Waals surface area contributed by atoms with Crippen molar-refractivity contribution in [3.8, 4) is 0 Å². The number of aliphatic hydroxyl groups is 2. The number of hydrogen-bond donors (Lipinski definition) is 6. The minimum absolute atomic E-state index is 0.00592. The highest BCUT2D eigenvalue weighted by Gasteiger charge is 2.46. The molecule has 6 N–H and O–H groups in total. The minimum Gasteiger partial charge on any atom is -0.394 e. The van der Waals surface area contributed by atoms with Crippen molar-refractivity contribution in [1.82, 2.24) is 10.6 Å². The second-order valence-corrected chi connectivity index (χ2v) is 17.8. The van der Waals surface area contributed by atoms with E-state index in [1.807, 2.05) is 100 Å². The van der Waals surface area contributed by atoms with E-state index < -0.39 is 0 Å². The maximum absolute atomic E-state index is 13.0. The Morgan fingerprint density at radius 3 is 1.18 bits per heavy atom. The van der Waals surface area contributed by atoms with Crippen LogP contribution in [0.4, 0.5) is 11.4 Å². The Hall–Kier alpha value is -4.80. The maximum Gasteiger partial charge on any atom is 0.224 e. The molecule has 2 fully saturated rings. The average Bonchev–Trinajstić information content (AvgIpc) is 3.76. The molecule has 2 aliphatic heterocycles. The monoisotopic (exact) mass is 818 g/mol. The zero-order valence-corrected chi connectivity index (χ0v) is 36.0. The van der Waals surface area contributed by atoms with E-state index in [4.69, 9.17) is 0 Å². The third-order valence-corrected chi connectivity index (χ3v) is 13.0. The molecule has 6 rings (SSSR count). The van der Waals surface area contributed by atoms with Gasteiger partial charge in [0.25, 0.3) is 0 Å². The van der Waals surface area contributed by atoms with Crippen LogP contribution in [0.3, 0.4) is 0 Å². The average molecular weight is 819 g/mol. The van der Waals surface area contributed by atoms with Crippen LogP contribution in [0.15, 0.2) is 72.8 Å². The molecular weight excluding hydrogens is 753 g/mol. The van der Waals surface area contributed by atoms with E-state index in [1.54, 1.807) is 0 Å². The zero-order valence-electron chi connectivity index (χ0n) is 36.0. The second kappa shape index (κ2) is 21.1. The van der Waals surface area contributed by atoms with Gasteiger partial charge < -0.3 is 31.5 Å². The van der Waals surface area contributed by atoms with Gasteiger partial charge in [0.2, 0.25) is 23.6 Å². The van der Waals surface area contributed by atoms with Crippen LogP contribution < -0.4 is 21.3 Å². The number of nitrogens with one attached hydrogen (secondary N) is 4. The standard InChI is InChI=1S/C50H66N4O6/c1-31(2)45-47(41(29-55)53-49(45)59)37-25-27-39(35-21-17-15-19-33(35)37)51-43(57)23-13-11-9-7-5-6-8-10-12-14-24-44(58)52-40-28-26-38(34-20-16-18-22-36(34)40)48-42(30-56)54-50(60)46(48)32(3)4/h15-22,25-28,31-32,41-42,45-48,55-56H,5-14,23-24,29-30H2,1-4H3,(H,51,57)(H,52,58)(H,53,59)(H,54,60)/t41-,42-,45-,46-,47-,48-/m1/s1. The van der Waals surface area contributed by atoms with Gasteiger partial charge in [0.1, 0.15) is 0 Å². The lowest BCUT2D eigenvalue weighted by Gasteiger charge is -2.26. The third kappa shape index (κ3) is 10.4. The summed E-state index contributed by atoms with van der Waals surface area (Å²) in [5.74, 6) is -0.528. The van der Waals surface area contributed by atoms with Crippen LogP contribution in [-0.2, 0) is 19.2 Å². The van der Waals surface area contributed by atoms with Gasteiger partial charge in [-0.3, -0.25) is 19.2 Å². The summed E-state index contributed by atoms with van der Waals surface area (Å²) >= 11 is 0. The number of carbonyl (C=O) groups is 4. The Morgan fingerprint density at radius 2 is 0.850 bits per heavy atom. The number of aliphatic hydroxyl groups excluding tert-OH is 2. The van der Waals surface area contributed by atoms with Crippen LogP contribution in [0.1, 0.15) is 128 Å². The molecule has 0 unspecified atom stereocenters. The maximum atomic E-state index is 13.0. The van der Waals surface area contributed by atoms with Crippen LogP contribution >= 0.6 is 0 Å². The molecule has 60 heavy (non-hydrogen) atoms. The minimum atomic E-state index is -0.338. The molecule has 10 nitrogen and oxygen atoms in total. The summed E-state index contributed by atoms with van der Waals surface area (Å²) in [4.78, 5) is 51.6. The van der Waals surface area contributed by atoms with Crippen molar-refractivity contribution < 1.29 is 29.4 Å². The van der Waals surface area contributed by atoms with Crippen molar-refractivity contribution >= 4 is 56.5 Å². The van der Waals surface area contributed by atoms with Gasteiger partial charge in [-0.05, 0) is 58.7 Å². The van der Waals surface area contributed by atoms with Gasteiger partial charge in [-0.25, -0.2) is 0 Å². The molecule has 2 aliphatic rings. The van der Waals surface area contributed by atoms with Crippen LogP contribution in [0, 0.1) is 23.7 Å². The van der Waals surface area contributed by atoms with Crippen molar-refractivity contribution in [2.24, 2.45) is 23.7 Å². The molecular formula is C50H66N4O6. The Kier molecular flexibility index (Phi) is 15.8. The quantitative estimate of drug-likeness (QED) is 0.0461. The molecule has 10 heteroatoms. The Bertz CT molecular complexity index is 1970. The van der Waals surface area contributed by atoms with Gasteiger partial charge in [0.15, 0.2) is 0 Å². The molecule has 0 saturated carbocycles. The smallest absolute Gasteiger partial charge is 0.224 e. The number of amides is 4. The number of fused-ring (bicyclic) bond motifs is 2. The van der Waals surface area contributed by atoms with Gasteiger partial charge in [-0.1, -0.05) is 140 Å². The van der Waals surface area contributed by atoms with E-state index >= 15 is 0 Å². The van der Waals surface area contributed by atoms with Gasteiger partial charge in [-0.15, -0.1) is 0 Å². The van der Waals surface area contributed by atoms with Crippen LogP contribution in [0.25, 0.3) is 21.5 Å². The summed E-state index contributed by atoms with van der Waals surface area (Å²) in [6, 6.07) is 23.2. The molecule has 0 aromatic heterocycles. The summed E-state index contributed by atoms with van der Waals surface area (Å²) in [5, 5.41) is 36.3. The highest BCUT2D eigenvalue weighted by Crippen LogP contribution is 2.44. The van der Waals surface area contributed by atoms with Crippen molar-refractivity contribution in [2.75, 3.05) is 23.8 Å². The fourth-order valence-corrected chi connectivity index (χ4v) is 9.99. The van der Waals surface area contributed by atoms with E-state index in [9.17, 15) is 29.4 Å². The molecule has 322 valence electrons. The molecule has 0 radical (unpaired) electrons. The van der Waals surface area contributed by atoms with Crippen molar-refractivity contribution in [1.29, 1.82) is 0 Å². The fourth-order valence-electron chi connectivity index (χ4n) is 9.99. The molecule has 0 bridgehead atoms. The van der Waals surface area contributed by atoms with Crippen molar-refractivity contribution in [3.63, 3.8) is 0 Å². The van der Waals surface area contributed by atoms with Crippen LogP contribution in [0.5, 0.6) is 0 Å². The van der Waals surface area contributed by atoms with E-state index in [2.05, 4.69) is 21.3 Å². The summed E-state index contributed by atoms with van der Waals surface area (Å²) in [6.07, 6.45) is 11.5. The Labute approximate surface area is 355 Å². The summed E-state index contributed by atoms with van der Waals surface area (Å²) in [5.41, 5.74) is 3.58. The van der Waals surface area contributed by atoms with Gasteiger partial charge in [-0.2, -0.15) is 0 Å². The highest BCUT2D eigenvalue weighted by atomic mass is 16.3. The second-order valence-electron chi connectivity index (χ2n) is 17.8. The third-order valence-electron chi connectivity index (χ3n) is 13.0. The van der Waals surface area contributed by atoms with E-state index in [0.29, 0.717) is 12.8 Å². The molecule has 4 aromatic carbocycles. The van der Waals surface area contributed by atoms with Crippen LogP contribution in [0.2, 0.25) is 0 Å². The predicted molar refractivity (Wildman–Crippen MR) is 241 cm³/mol. The number of carbonyl (C=O) groups excluding carboxylic acids is 4. The number of unbranched alkanes of at least 4 members (excludes halogenated alkanes) is 9. The fraction of sp³-hybridized carbons (Fsp3) is 0.520. The first-order valence-corrected chi connectivity index (χ1v) is 22.5. The summed E-state index contributed by atoms with van der Waals surface area (Å²) in [6.45, 7) is 7.94. The molecule has 4 aromatic rings. The molecule has 0 aliphatic carbocycles. The summed E-state index contributed by atoms with van der Waals surface area (Å²) < 4.78 is 0. The lowest BCUT2D eigenvalue weighted by atomic mass is 9.77. The first-order chi connectivity index (χ1) is 29.0. The van der Waals surface area contributed by atoms with Crippen molar-refractivity contribution in [3.05, 3.63) is 83.9 Å². The first-order valence-electron chi connectivity index (χ1n) is 22.5. The summed E-state index contributed by atoms with van der Waals surface area (Å²) in [7, 11) is 0. The molecule has 4 amide bonds. The number of benzene rings is 4. The lowest BCUT2D eigenvalue weighted by molar-refractivity contribution is -0.124. The Balaban J connectivity index is 0.862. The first kappa shape index (κ1) is 44.7. The zero-order chi connectivity index (χ0) is 42.8. The normalized spacial score (nSPS) is 21.5. The highest BCUT2D eigenvalue weighted by molar-refractivity contribution is 6.05. The molecule has 0 spiro atoms. The van der Waals surface area contributed by atoms with E-state index in [-0.39, 0.29) is 84.4 Å². The van der Waals surface area contributed by atoms with Crippen molar-refractivity contribution in [2.45, 2.75) is 129 Å². The SMILES string of the molecule is CC(C)[C@H]1C(=O)N[C@H](CO)[C@H]1c1ccc(NC(=O)CCCCCCCCCCCCC(=O)Nc2ccc([C@H]3[C@@H](C(C)C)C(=O)N[C@@H]3CO)c3ccccc23)c2ccccc12. The predicted octanol–water partition coefficient (Wildman–Crippen LogP) is 8.94. The lowest BCUT2D eigenvalue weighted by Crippen LogP contribution is -2.31. The van der Waals surface area contributed by atoms with Crippen LogP contribution in [-0.4, -0.2) is 59.1 Å². The largest absolute Gasteiger partial charge is 0.394 e. The van der Waals surface area contributed by atoms with Gasteiger partial charge in [0, 0.05) is 58.7 Å². The Morgan fingerprint density at radius 1 is 0.517 bits per heavy atom. The molecule has 2 saturated heterocycles. The van der Waals surface area contributed by atoms with E-state index in [0.717, 1.165) is 95.4 Å². The van der Waals surface area contributed by atoms with E-state index in [1.165, 1.54) is 12.8 Å². The number of hydrogen-bond acceptors (Lipinski definition) is 6. The number of anilines is 2.